The molecule has 0 atom stereocenters. The molecule has 0 aromatic heterocycles. The lowest BCUT2D eigenvalue weighted by Crippen LogP contribution is -2.34. The van der Waals surface area contributed by atoms with Crippen molar-refractivity contribution in [2.45, 2.75) is 33.6 Å². The third-order valence-corrected chi connectivity index (χ3v) is 4.01. The number of carbonyl (C=O) groups excluding carboxylic acids is 1. The Kier molecular flexibility index (Phi) is 8.75. The third-order valence-electron chi connectivity index (χ3n) is 3.81. The minimum Gasteiger partial charge on any atom is -0.494 e. The minimum atomic E-state index is -0.309. The van der Waals surface area contributed by atoms with E-state index in [1.165, 1.54) is 0 Å². The second-order valence-electron chi connectivity index (χ2n) is 6.84. The van der Waals surface area contributed by atoms with E-state index in [0.717, 1.165) is 24.3 Å². The number of carbonyl (C=O) groups is 1. The molecule has 0 spiro atoms. The van der Waals surface area contributed by atoms with Crippen molar-refractivity contribution < 1.29 is 14.3 Å². The van der Waals surface area contributed by atoms with Crippen molar-refractivity contribution in [3.63, 3.8) is 0 Å². The van der Waals surface area contributed by atoms with Gasteiger partial charge in [0.15, 0.2) is 5.11 Å². The van der Waals surface area contributed by atoms with E-state index >= 15 is 0 Å². The summed E-state index contributed by atoms with van der Waals surface area (Å²) < 4.78 is 11.4. The first-order valence-electron chi connectivity index (χ1n) is 9.56. The van der Waals surface area contributed by atoms with Gasteiger partial charge in [0.25, 0.3) is 5.91 Å². The number of rotatable bonds is 9. The van der Waals surface area contributed by atoms with Gasteiger partial charge in [-0.2, -0.15) is 0 Å². The first-order chi connectivity index (χ1) is 13.5. The number of amides is 1. The Bertz CT molecular complexity index is 776. The summed E-state index contributed by atoms with van der Waals surface area (Å²) in [6, 6.07) is 14.6. The fraction of sp³-hybridized carbons (Fsp3) is 0.364. The van der Waals surface area contributed by atoms with Crippen molar-refractivity contribution in [2.24, 2.45) is 5.92 Å². The average Bonchev–Trinajstić information content (AvgIpc) is 2.68. The SMILES string of the molecule is CCCCOc1ccc(NC(=S)NC(=O)c2ccccc2OCC(C)C)cc1. The van der Waals surface area contributed by atoms with Gasteiger partial charge in [-0.3, -0.25) is 10.1 Å². The molecule has 2 N–H and O–H groups in total. The lowest BCUT2D eigenvalue weighted by molar-refractivity contribution is 0.0973. The summed E-state index contributed by atoms with van der Waals surface area (Å²) in [7, 11) is 0. The van der Waals surface area contributed by atoms with Gasteiger partial charge in [0.1, 0.15) is 11.5 Å². The van der Waals surface area contributed by atoms with Crippen LogP contribution in [0.3, 0.4) is 0 Å². The van der Waals surface area contributed by atoms with Crippen molar-refractivity contribution in [1.82, 2.24) is 5.32 Å². The van der Waals surface area contributed by atoms with Gasteiger partial charge in [-0.25, -0.2) is 0 Å². The second-order valence-corrected chi connectivity index (χ2v) is 7.24. The van der Waals surface area contributed by atoms with Crippen LogP contribution >= 0.6 is 12.2 Å². The Labute approximate surface area is 172 Å². The van der Waals surface area contributed by atoms with Crippen LogP contribution in [0.2, 0.25) is 0 Å². The van der Waals surface area contributed by atoms with Crippen LogP contribution in [0.25, 0.3) is 0 Å². The molecule has 0 aliphatic rings. The van der Waals surface area contributed by atoms with Gasteiger partial charge in [0.2, 0.25) is 0 Å². The van der Waals surface area contributed by atoms with Gasteiger partial charge in [0.05, 0.1) is 18.8 Å². The van der Waals surface area contributed by atoms with Crippen molar-refractivity contribution in [1.29, 1.82) is 0 Å². The van der Waals surface area contributed by atoms with E-state index < -0.39 is 0 Å². The minimum absolute atomic E-state index is 0.225. The maximum atomic E-state index is 12.6. The molecule has 0 bridgehead atoms. The molecule has 0 saturated heterocycles. The van der Waals surface area contributed by atoms with E-state index in [0.29, 0.717) is 30.4 Å². The normalized spacial score (nSPS) is 10.4. The predicted molar refractivity (Wildman–Crippen MR) is 117 cm³/mol. The number of hydrogen-bond acceptors (Lipinski definition) is 4. The fourth-order valence-electron chi connectivity index (χ4n) is 2.34. The molecular formula is C22H28N2O3S. The van der Waals surface area contributed by atoms with Crippen LogP contribution in [0.4, 0.5) is 5.69 Å². The second kappa shape index (κ2) is 11.3. The molecule has 2 aromatic carbocycles. The number of para-hydroxylation sites is 1. The van der Waals surface area contributed by atoms with E-state index in [4.69, 9.17) is 21.7 Å². The Morgan fingerprint density at radius 3 is 2.46 bits per heavy atom. The topological polar surface area (TPSA) is 59.6 Å². The Morgan fingerprint density at radius 2 is 1.79 bits per heavy atom. The molecule has 0 saturated carbocycles. The molecule has 0 aliphatic carbocycles. The highest BCUT2D eigenvalue weighted by atomic mass is 32.1. The summed E-state index contributed by atoms with van der Waals surface area (Å²) >= 11 is 5.27. The van der Waals surface area contributed by atoms with E-state index in [2.05, 4.69) is 31.4 Å². The Hall–Kier alpha value is -2.60. The standard InChI is InChI=1S/C22H28N2O3S/c1-4-5-14-26-18-12-10-17(11-13-18)23-22(28)24-21(25)19-8-6-7-9-20(19)27-15-16(2)3/h6-13,16H,4-5,14-15H2,1-3H3,(H2,23,24,25,28). The summed E-state index contributed by atoms with van der Waals surface area (Å²) in [5, 5.41) is 5.93. The zero-order valence-electron chi connectivity index (χ0n) is 16.7. The molecule has 6 heteroatoms. The average molecular weight is 401 g/mol. The molecule has 1 amide bonds. The van der Waals surface area contributed by atoms with Crippen LogP contribution in [0.5, 0.6) is 11.5 Å². The summed E-state index contributed by atoms with van der Waals surface area (Å²) in [5.74, 6) is 1.42. The smallest absolute Gasteiger partial charge is 0.261 e. The molecule has 0 unspecified atom stereocenters. The number of ether oxygens (including phenoxy) is 2. The van der Waals surface area contributed by atoms with Crippen LogP contribution in [0.1, 0.15) is 44.0 Å². The highest BCUT2D eigenvalue weighted by Gasteiger charge is 2.14. The third kappa shape index (κ3) is 7.19. The van der Waals surface area contributed by atoms with Crippen molar-refractivity contribution in [3.8, 4) is 11.5 Å². The number of nitrogens with one attached hydrogen (secondary N) is 2. The van der Waals surface area contributed by atoms with Crippen LogP contribution < -0.4 is 20.1 Å². The molecule has 0 heterocycles. The molecular weight excluding hydrogens is 372 g/mol. The summed E-state index contributed by atoms with van der Waals surface area (Å²) in [5.41, 5.74) is 1.23. The molecule has 0 fully saturated rings. The van der Waals surface area contributed by atoms with Crippen molar-refractivity contribution >= 4 is 28.9 Å². The number of benzene rings is 2. The molecule has 28 heavy (non-hydrogen) atoms. The zero-order chi connectivity index (χ0) is 20.4. The highest BCUT2D eigenvalue weighted by Crippen LogP contribution is 2.19. The molecule has 0 aliphatic heterocycles. The molecule has 0 radical (unpaired) electrons. The van der Waals surface area contributed by atoms with E-state index in [-0.39, 0.29) is 11.0 Å². The summed E-state index contributed by atoms with van der Waals surface area (Å²) in [4.78, 5) is 12.6. The van der Waals surface area contributed by atoms with Gasteiger partial charge < -0.3 is 14.8 Å². The maximum Gasteiger partial charge on any atom is 0.261 e. The number of thiocarbonyl (C=S) groups is 1. The summed E-state index contributed by atoms with van der Waals surface area (Å²) in [6.45, 7) is 7.49. The molecule has 150 valence electrons. The lowest BCUT2D eigenvalue weighted by atomic mass is 10.2. The van der Waals surface area contributed by atoms with Crippen LogP contribution in [0.15, 0.2) is 48.5 Å². The number of hydrogen-bond donors (Lipinski definition) is 2. The van der Waals surface area contributed by atoms with E-state index in [9.17, 15) is 4.79 Å². The molecule has 5 nitrogen and oxygen atoms in total. The summed E-state index contributed by atoms with van der Waals surface area (Å²) in [6.07, 6.45) is 2.12. The monoisotopic (exact) mass is 400 g/mol. The predicted octanol–water partition coefficient (Wildman–Crippen LogP) is 5.03. The highest BCUT2D eigenvalue weighted by molar-refractivity contribution is 7.80. The first kappa shape index (κ1) is 21.7. The van der Waals surface area contributed by atoms with Crippen LogP contribution in [-0.2, 0) is 0 Å². The van der Waals surface area contributed by atoms with Gasteiger partial charge in [0, 0.05) is 5.69 Å². The van der Waals surface area contributed by atoms with Gasteiger partial charge in [-0.1, -0.05) is 39.3 Å². The largest absolute Gasteiger partial charge is 0.494 e. The van der Waals surface area contributed by atoms with E-state index in [1.807, 2.05) is 30.3 Å². The van der Waals surface area contributed by atoms with Gasteiger partial charge in [-0.05, 0) is 61.0 Å². The van der Waals surface area contributed by atoms with Crippen LogP contribution in [-0.4, -0.2) is 24.2 Å². The van der Waals surface area contributed by atoms with Crippen molar-refractivity contribution in [3.05, 3.63) is 54.1 Å². The number of unbranched alkanes of at least 4 members (excludes halogenated alkanes) is 1. The zero-order valence-corrected chi connectivity index (χ0v) is 17.5. The van der Waals surface area contributed by atoms with Crippen LogP contribution in [0, 0.1) is 5.92 Å². The van der Waals surface area contributed by atoms with Gasteiger partial charge in [-0.15, -0.1) is 0 Å². The van der Waals surface area contributed by atoms with Gasteiger partial charge >= 0.3 is 0 Å². The van der Waals surface area contributed by atoms with Crippen molar-refractivity contribution in [2.75, 3.05) is 18.5 Å². The molecule has 2 rings (SSSR count). The first-order valence-corrected chi connectivity index (χ1v) is 9.97. The van der Waals surface area contributed by atoms with E-state index in [1.54, 1.807) is 18.2 Å². The number of anilines is 1. The Morgan fingerprint density at radius 1 is 1.07 bits per heavy atom. The quantitative estimate of drug-likeness (QED) is 0.457. The fourth-order valence-corrected chi connectivity index (χ4v) is 2.55. The Balaban J connectivity index is 1.91. The maximum absolute atomic E-state index is 12.6. The lowest BCUT2D eigenvalue weighted by Gasteiger charge is -2.14. The molecule has 2 aromatic rings.